The molecule has 0 spiro atoms. The molecule has 19 heavy (non-hydrogen) atoms. The van der Waals surface area contributed by atoms with Crippen LogP contribution >= 0.6 is 0 Å². The van der Waals surface area contributed by atoms with Crippen LogP contribution in [0.15, 0.2) is 30.3 Å². The first-order chi connectivity index (χ1) is 9.16. The molecular weight excluding hydrogens is 238 g/mol. The standard InChI is InChI=1S/C15H23N3O/c1-18(2)11-14(12-7-4-3-5-8-12)17-15(19)13-9-6-10-16-13/h3-5,7-8,13-14,16H,6,9-11H2,1-2H3,(H,17,19)/t13-,14+/m1/s1. The molecule has 1 aromatic rings. The molecule has 0 aromatic heterocycles. The fourth-order valence-electron chi connectivity index (χ4n) is 2.47. The van der Waals surface area contributed by atoms with E-state index in [1.807, 2.05) is 32.3 Å². The molecule has 0 saturated carbocycles. The van der Waals surface area contributed by atoms with Gasteiger partial charge in [0.2, 0.25) is 5.91 Å². The highest BCUT2D eigenvalue weighted by Gasteiger charge is 2.24. The lowest BCUT2D eigenvalue weighted by Crippen LogP contribution is -2.44. The lowest BCUT2D eigenvalue weighted by atomic mass is 10.1. The van der Waals surface area contributed by atoms with Crippen molar-refractivity contribution in [3.05, 3.63) is 35.9 Å². The monoisotopic (exact) mass is 261 g/mol. The highest BCUT2D eigenvalue weighted by Crippen LogP contribution is 2.14. The molecule has 0 aliphatic carbocycles. The Balaban J connectivity index is 2.03. The van der Waals surface area contributed by atoms with Crippen LogP contribution in [0.5, 0.6) is 0 Å². The summed E-state index contributed by atoms with van der Waals surface area (Å²) in [6.07, 6.45) is 2.02. The van der Waals surface area contributed by atoms with Crippen LogP contribution in [0.3, 0.4) is 0 Å². The molecule has 1 aromatic carbocycles. The molecular formula is C15H23N3O. The van der Waals surface area contributed by atoms with Gasteiger partial charge in [-0.15, -0.1) is 0 Å². The van der Waals surface area contributed by atoms with Crippen LogP contribution in [0.1, 0.15) is 24.4 Å². The molecule has 1 amide bonds. The summed E-state index contributed by atoms with van der Waals surface area (Å²) in [5.41, 5.74) is 1.16. The van der Waals surface area contributed by atoms with Crippen LogP contribution in [0.4, 0.5) is 0 Å². The smallest absolute Gasteiger partial charge is 0.237 e. The summed E-state index contributed by atoms with van der Waals surface area (Å²) in [4.78, 5) is 14.3. The van der Waals surface area contributed by atoms with E-state index in [1.165, 1.54) is 0 Å². The summed E-state index contributed by atoms with van der Waals surface area (Å²) in [5, 5.41) is 6.40. The molecule has 1 fully saturated rings. The Morgan fingerprint density at radius 1 is 1.42 bits per heavy atom. The lowest BCUT2D eigenvalue weighted by Gasteiger charge is -2.24. The van der Waals surface area contributed by atoms with Crippen molar-refractivity contribution in [2.45, 2.75) is 24.9 Å². The topological polar surface area (TPSA) is 44.4 Å². The number of hydrogen-bond acceptors (Lipinski definition) is 3. The van der Waals surface area contributed by atoms with Gasteiger partial charge >= 0.3 is 0 Å². The molecule has 2 atom stereocenters. The first kappa shape index (κ1) is 14.0. The average molecular weight is 261 g/mol. The zero-order chi connectivity index (χ0) is 13.7. The van der Waals surface area contributed by atoms with Crippen molar-refractivity contribution in [3.8, 4) is 0 Å². The van der Waals surface area contributed by atoms with Gasteiger partial charge in [-0.1, -0.05) is 30.3 Å². The van der Waals surface area contributed by atoms with Crippen LogP contribution < -0.4 is 10.6 Å². The van der Waals surface area contributed by atoms with Crippen molar-refractivity contribution in [3.63, 3.8) is 0 Å². The van der Waals surface area contributed by atoms with Gasteiger partial charge in [-0.25, -0.2) is 0 Å². The fourth-order valence-corrected chi connectivity index (χ4v) is 2.47. The van der Waals surface area contributed by atoms with E-state index in [0.29, 0.717) is 0 Å². The summed E-state index contributed by atoms with van der Waals surface area (Å²) in [5.74, 6) is 0.119. The molecule has 1 heterocycles. The van der Waals surface area contributed by atoms with Gasteiger partial charge < -0.3 is 15.5 Å². The highest BCUT2D eigenvalue weighted by molar-refractivity contribution is 5.82. The van der Waals surface area contributed by atoms with E-state index in [4.69, 9.17) is 0 Å². The predicted molar refractivity (Wildman–Crippen MR) is 76.9 cm³/mol. The Kier molecular flexibility index (Phi) is 4.93. The minimum atomic E-state index is -0.0200. The lowest BCUT2D eigenvalue weighted by molar-refractivity contribution is -0.123. The van der Waals surface area contributed by atoms with E-state index < -0.39 is 0 Å². The minimum absolute atomic E-state index is 0.0200. The number of benzene rings is 1. The van der Waals surface area contributed by atoms with E-state index >= 15 is 0 Å². The number of hydrogen-bond donors (Lipinski definition) is 2. The molecule has 2 rings (SSSR count). The molecule has 4 nitrogen and oxygen atoms in total. The van der Waals surface area contributed by atoms with Crippen LogP contribution in [-0.4, -0.2) is 44.0 Å². The minimum Gasteiger partial charge on any atom is -0.347 e. The maximum absolute atomic E-state index is 12.2. The molecule has 0 bridgehead atoms. The molecule has 2 N–H and O–H groups in total. The SMILES string of the molecule is CN(C)C[C@H](NC(=O)[C@H]1CCCN1)c1ccccc1. The van der Waals surface area contributed by atoms with Gasteiger partial charge in [0.05, 0.1) is 12.1 Å². The highest BCUT2D eigenvalue weighted by atomic mass is 16.2. The Hall–Kier alpha value is -1.39. The van der Waals surface area contributed by atoms with E-state index in [9.17, 15) is 4.79 Å². The molecule has 104 valence electrons. The second kappa shape index (κ2) is 6.68. The summed E-state index contributed by atoms with van der Waals surface area (Å²) in [7, 11) is 4.05. The Morgan fingerprint density at radius 3 is 2.74 bits per heavy atom. The Morgan fingerprint density at radius 2 is 2.16 bits per heavy atom. The van der Waals surface area contributed by atoms with Gasteiger partial charge in [0, 0.05) is 6.54 Å². The van der Waals surface area contributed by atoms with E-state index in [-0.39, 0.29) is 18.0 Å². The number of nitrogens with one attached hydrogen (secondary N) is 2. The number of rotatable bonds is 5. The van der Waals surface area contributed by atoms with Crippen LogP contribution in [-0.2, 0) is 4.79 Å². The zero-order valence-electron chi connectivity index (χ0n) is 11.7. The molecule has 1 saturated heterocycles. The molecule has 0 radical (unpaired) electrons. The van der Waals surface area contributed by atoms with Crippen molar-refractivity contribution in [2.24, 2.45) is 0 Å². The van der Waals surface area contributed by atoms with Crippen molar-refractivity contribution < 1.29 is 4.79 Å². The average Bonchev–Trinajstić information content (AvgIpc) is 2.92. The van der Waals surface area contributed by atoms with Gasteiger partial charge in [0.15, 0.2) is 0 Å². The fraction of sp³-hybridized carbons (Fsp3) is 0.533. The maximum Gasteiger partial charge on any atom is 0.237 e. The third-order valence-corrected chi connectivity index (χ3v) is 3.44. The van der Waals surface area contributed by atoms with Gasteiger partial charge in [-0.2, -0.15) is 0 Å². The first-order valence-corrected chi connectivity index (χ1v) is 6.90. The molecule has 0 unspecified atom stereocenters. The number of carbonyl (C=O) groups excluding carboxylic acids is 1. The third-order valence-electron chi connectivity index (χ3n) is 3.44. The molecule has 1 aliphatic rings. The summed E-state index contributed by atoms with van der Waals surface area (Å²) >= 11 is 0. The second-order valence-electron chi connectivity index (χ2n) is 5.38. The summed E-state index contributed by atoms with van der Waals surface area (Å²) < 4.78 is 0. The first-order valence-electron chi connectivity index (χ1n) is 6.90. The van der Waals surface area contributed by atoms with Gasteiger partial charge in [-0.05, 0) is 39.0 Å². The van der Waals surface area contributed by atoms with Crippen molar-refractivity contribution in [1.82, 2.24) is 15.5 Å². The van der Waals surface area contributed by atoms with Crippen LogP contribution in [0, 0.1) is 0 Å². The van der Waals surface area contributed by atoms with Gasteiger partial charge in [0.25, 0.3) is 0 Å². The second-order valence-corrected chi connectivity index (χ2v) is 5.38. The number of nitrogens with zero attached hydrogens (tertiary/aromatic N) is 1. The van der Waals surface area contributed by atoms with Crippen molar-refractivity contribution in [1.29, 1.82) is 0 Å². The number of amides is 1. The molecule has 4 heteroatoms. The summed E-state index contributed by atoms with van der Waals surface area (Å²) in [6.45, 7) is 1.75. The number of likely N-dealkylation sites (N-methyl/N-ethyl adjacent to an activating group) is 1. The van der Waals surface area contributed by atoms with Crippen LogP contribution in [0.2, 0.25) is 0 Å². The predicted octanol–water partition coefficient (Wildman–Crippen LogP) is 1.16. The van der Waals surface area contributed by atoms with Gasteiger partial charge in [-0.3, -0.25) is 4.79 Å². The van der Waals surface area contributed by atoms with Gasteiger partial charge in [0.1, 0.15) is 0 Å². The van der Waals surface area contributed by atoms with E-state index in [2.05, 4.69) is 27.7 Å². The van der Waals surface area contributed by atoms with E-state index in [1.54, 1.807) is 0 Å². The van der Waals surface area contributed by atoms with Crippen LogP contribution in [0.25, 0.3) is 0 Å². The van der Waals surface area contributed by atoms with Crippen molar-refractivity contribution in [2.75, 3.05) is 27.2 Å². The Labute approximate surface area is 115 Å². The summed E-state index contributed by atoms with van der Waals surface area (Å²) in [6, 6.07) is 10.2. The van der Waals surface area contributed by atoms with Crippen molar-refractivity contribution >= 4 is 5.91 Å². The number of carbonyl (C=O) groups is 1. The maximum atomic E-state index is 12.2. The Bertz CT molecular complexity index is 399. The largest absolute Gasteiger partial charge is 0.347 e. The molecule has 1 aliphatic heterocycles. The normalized spacial score (nSPS) is 20.5. The quantitative estimate of drug-likeness (QED) is 0.836. The van der Waals surface area contributed by atoms with E-state index in [0.717, 1.165) is 31.5 Å². The zero-order valence-corrected chi connectivity index (χ0v) is 11.7. The third kappa shape index (κ3) is 4.04.